The second-order valence-electron chi connectivity index (χ2n) is 7.74. The van der Waals surface area contributed by atoms with Crippen LogP contribution in [0.4, 0.5) is 5.82 Å². The van der Waals surface area contributed by atoms with Gasteiger partial charge < -0.3 is 19.3 Å². The van der Waals surface area contributed by atoms with Gasteiger partial charge in [0, 0.05) is 37.3 Å². The van der Waals surface area contributed by atoms with Crippen LogP contribution in [0.5, 0.6) is 11.5 Å². The van der Waals surface area contributed by atoms with Crippen molar-refractivity contribution in [2.24, 2.45) is 0 Å². The van der Waals surface area contributed by atoms with Crippen LogP contribution in [0.1, 0.15) is 40.6 Å². The summed E-state index contributed by atoms with van der Waals surface area (Å²) in [6.07, 6.45) is 4.05. The second kappa shape index (κ2) is 10.5. The Hall–Kier alpha value is -3.06. The second-order valence-corrected chi connectivity index (χ2v) is 8.77. The smallest absolute Gasteiger partial charge is 0.257 e. The Morgan fingerprint density at radius 1 is 1.16 bits per heavy atom. The number of anilines is 1. The zero-order valence-electron chi connectivity index (χ0n) is 18.6. The fourth-order valence-electron chi connectivity index (χ4n) is 3.94. The summed E-state index contributed by atoms with van der Waals surface area (Å²) in [6.45, 7) is 5.51. The molecule has 32 heavy (non-hydrogen) atoms. The van der Waals surface area contributed by atoms with E-state index in [4.69, 9.17) is 9.47 Å². The number of pyridine rings is 1. The zero-order valence-corrected chi connectivity index (χ0v) is 19.4. The highest BCUT2D eigenvalue weighted by Crippen LogP contribution is 2.30. The predicted octanol–water partition coefficient (Wildman–Crippen LogP) is 4.99. The highest BCUT2D eigenvalue weighted by atomic mass is 32.1. The van der Waals surface area contributed by atoms with Crippen molar-refractivity contribution in [1.82, 2.24) is 9.88 Å². The Morgan fingerprint density at radius 3 is 2.72 bits per heavy atom. The molecule has 0 aliphatic carbocycles. The standard InChI is InChI=1S/C25H29N3O3S/c1-3-27(25(29)21-9-6-12-26-24(21)28-13-4-5-14-28)17-19-10-11-22(23(16-19)30-2)31-18-20-8-7-15-32-20/h6-12,15-16H,3-5,13-14,17-18H2,1-2H3. The molecule has 1 amide bonds. The minimum absolute atomic E-state index is 0.000473. The fourth-order valence-corrected chi connectivity index (χ4v) is 4.55. The molecule has 1 aliphatic heterocycles. The van der Waals surface area contributed by atoms with Crippen molar-refractivity contribution in [3.63, 3.8) is 0 Å². The third-order valence-corrected chi connectivity index (χ3v) is 6.49. The molecule has 1 fully saturated rings. The number of ether oxygens (including phenoxy) is 2. The summed E-state index contributed by atoms with van der Waals surface area (Å²) in [5, 5.41) is 2.03. The molecule has 168 valence electrons. The fraction of sp³-hybridized carbons (Fsp3) is 0.360. The van der Waals surface area contributed by atoms with Crippen LogP contribution in [0.15, 0.2) is 54.0 Å². The zero-order chi connectivity index (χ0) is 22.3. The quantitative estimate of drug-likeness (QED) is 0.459. The Morgan fingerprint density at radius 2 is 2.00 bits per heavy atom. The Labute approximate surface area is 193 Å². The normalized spacial score (nSPS) is 13.2. The van der Waals surface area contributed by atoms with E-state index in [1.165, 1.54) is 0 Å². The van der Waals surface area contributed by atoms with Gasteiger partial charge >= 0.3 is 0 Å². The molecule has 0 saturated carbocycles. The summed E-state index contributed by atoms with van der Waals surface area (Å²) in [5.74, 6) is 2.16. The largest absolute Gasteiger partial charge is 0.493 e. The number of methoxy groups -OCH3 is 1. The van der Waals surface area contributed by atoms with Gasteiger partial charge in [0.1, 0.15) is 12.4 Å². The third kappa shape index (κ3) is 5.05. The van der Waals surface area contributed by atoms with Crippen LogP contribution in [0.2, 0.25) is 0 Å². The van der Waals surface area contributed by atoms with Crippen LogP contribution in [-0.4, -0.2) is 42.5 Å². The van der Waals surface area contributed by atoms with Crippen molar-refractivity contribution in [2.45, 2.75) is 32.9 Å². The molecule has 0 atom stereocenters. The molecule has 4 rings (SSSR count). The molecule has 3 aromatic rings. The summed E-state index contributed by atoms with van der Waals surface area (Å²) >= 11 is 1.66. The number of thiophene rings is 1. The van der Waals surface area contributed by atoms with Gasteiger partial charge in [-0.1, -0.05) is 12.1 Å². The van der Waals surface area contributed by atoms with E-state index in [1.54, 1.807) is 24.6 Å². The first-order valence-electron chi connectivity index (χ1n) is 11.0. The van der Waals surface area contributed by atoms with E-state index in [0.717, 1.165) is 42.2 Å². The third-order valence-electron chi connectivity index (χ3n) is 5.64. The molecule has 1 saturated heterocycles. The lowest BCUT2D eigenvalue weighted by molar-refractivity contribution is 0.0752. The van der Waals surface area contributed by atoms with E-state index in [0.29, 0.717) is 36.8 Å². The monoisotopic (exact) mass is 451 g/mol. The van der Waals surface area contributed by atoms with Gasteiger partial charge in [0.15, 0.2) is 11.5 Å². The van der Waals surface area contributed by atoms with E-state index in [1.807, 2.05) is 59.7 Å². The Balaban J connectivity index is 1.49. The van der Waals surface area contributed by atoms with Gasteiger partial charge in [-0.05, 0) is 61.0 Å². The summed E-state index contributed by atoms with van der Waals surface area (Å²) < 4.78 is 11.5. The lowest BCUT2D eigenvalue weighted by atomic mass is 10.1. The van der Waals surface area contributed by atoms with Crippen molar-refractivity contribution in [3.8, 4) is 11.5 Å². The molecular weight excluding hydrogens is 422 g/mol. The summed E-state index contributed by atoms with van der Waals surface area (Å²) in [7, 11) is 1.64. The highest BCUT2D eigenvalue weighted by Gasteiger charge is 2.24. The molecule has 3 heterocycles. The van der Waals surface area contributed by atoms with Crippen LogP contribution < -0.4 is 14.4 Å². The lowest BCUT2D eigenvalue weighted by Crippen LogP contribution is -2.32. The number of amides is 1. The highest BCUT2D eigenvalue weighted by molar-refractivity contribution is 7.09. The van der Waals surface area contributed by atoms with Gasteiger partial charge in [0.05, 0.1) is 12.7 Å². The summed E-state index contributed by atoms with van der Waals surface area (Å²) in [6, 6.07) is 13.6. The lowest BCUT2D eigenvalue weighted by Gasteiger charge is -2.25. The molecule has 0 unspecified atom stereocenters. The maximum atomic E-state index is 13.4. The van der Waals surface area contributed by atoms with Crippen LogP contribution in [0.25, 0.3) is 0 Å². The molecule has 0 bridgehead atoms. The number of carbonyl (C=O) groups is 1. The van der Waals surface area contributed by atoms with Gasteiger partial charge in [-0.15, -0.1) is 11.3 Å². The van der Waals surface area contributed by atoms with Gasteiger partial charge in [0.25, 0.3) is 5.91 Å². The van der Waals surface area contributed by atoms with Crippen molar-refractivity contribution >= 4 is 23.1 Å². The van der Waals surface area contributed by atoms with Crippen LogP contribution in [0.3, 0.4) is 0 Å². The molecule has 0 spiro atoms. The first-order valence-corrected chi connectivity index (χ1v) is 11.9. The van der Waals surface area contributed by atoms with Gasteiger partial charge in [-0.2, -0.15) is 0 Å². The van der Waals surface area contributed by atoms with Crippen molar-refractivity contribution in [1.29, 1.82) is 0 Å². The molecule has 2 aromatic heterocycles. The minimum atomic E-state index is -0.000473. The van der Waals surface area contributed by atoms with Gasteiger partial charge in [-0.25, -0.2) is 4.98 Å². The number of carbonyl (C=O) groups excluding carboxylic acids is 1. The topological polar surface area (TPSA) is 54.9 Å². The SMILES string of the molecule is CCN(Cc1ccc(OCc2cccs2)c(OC)c1)C(=O)c1cccnc1N1CCCC1. The molecular formula is C25H29N3O3S. The van der Waals surface area contributed by atoms with E-state index >= 15 is 0 Å². The first-order chi connectivity index (χ1) is 15.7. The molecule has 7 heteroatoms. The predicted molar refractivity (Wildman–Crippen MR) is 128 cm³/mol. The Bertz CT molecular complexity index is 1030. The van der Waals surface area contributed by atoms with Crippen LogP contribution >= 0.6 is 11.3 Å². The van der Waals surface area contributed by atoms with Crippen LogP contribution in [0, 0.1) is 0 Å². The average molecular weight is 452 g/mol. The molecule has 6 nitrogen and oxygen atoms in total. The number of benzene rings is 1. The summed E-state index contributed by atoms with van der Waals surface area (Å²) in [5.41, 5.74) is 1.66. The minimum Gasteiger partial charge on any atom is -0.493 e. The van der Waals surface area contributed by atoms with Crippen molar-refractivity contribution in [3.05, 3.63) is 70.0 Å². The van der Waals surface area contributed by atoms with E-state index in [9.17, 15) is 4.79 Å². The molecule has 0 N–H and O–H groups in total. The van der Waals surface area contributed by atoms with Crippen molar-refractivity contribution < 1.29 is 14.3 Å². The number of rotatable bonds is 9. The molecule has 1 aliphatic rings. The Kier molecular flexibility index (Phi) is 7.27. The number of hydrogen-bond acceptors (Lipinski definition) is 6. The van der Waals surface area contributed by atoms with E-state index < -0.39 is 0 Å². The van der Waals surface area contributed by atoms with Crippen molar-refractivity contribution in [2.75, 3.05) is 31.6 Å². The molecule has 0 radical (unpaired) electrons. The van der Waals surface area contributed by atoms with Gasteiger partial charge in [0.2, 0.25) is 0 Å². The van der Waals surface area contributed by atoms with E-state index in [-0.39, 0.29) is 5.91 Å². The van der Waals surface area contributed by atoms with Crippen LogP contribution in [-0.2, 0) is 13.2 Å². The first kappa shape index (κ1) is 22.1. The van der Waals surface area contributed by atoms with Gasteiger partial charge in [-0.3, -0.25) is 4.79 Å². The maximum absolute atomic E-state index is 13.4. The number of nitrogens with zero attached hydrogens (tertiary/aromatic N) is 3. The molecule has 1 aromatic carbocycles. The number of aromatic nitrogens is 1. The number of hydrogen-bond donors (Lipinski definition) is 0. The summed E-state index contributed by atoms with van der Waals surface area (Å²) in [4.78, 5) is 23.2. The average Bonchev–Trinajstić information content (AvgIpc) is 3.55. The maximum Gasteiger partial charge on any atom is 0.257 e. The van der Waals surface area contributed by atoms with E-state index in [2.05, 4.69) is 9.88 Å².